The van der Waals surface area contributed by atoms with Crippen LogP contribution in [0.3, 0.4) is 0 Å². The molecule has 0 atom stereocenters. The van der Waals surface area contributed by atoms with Crippen LogP contribution in [0.2, 0.25) is 0 Å². The Balaban J connectivity index is 1.60. The molecule has 3 aromatic rings. The van der Waals surface area contributed by atoms with Crippen molar-refractivity contribution in [3.05, 3.63) is 36.0 Å². The molecule has 0 bridgehead atoms. The van der Waals surface area contributed by atoms with Crippen LogP contribution in [0, 0.1) is 12.8 Å². The van der Waals surface area contributed by atoms with Crippen molar-refractivity contribution in [1.29, 1.82) is 0 Å². The molecular formula is C20H19F5N4O. The third-order valence-electron chi connectivity index (χ3n) is 5.34. The Labute approximate surface area is 168 Å². The highest BCUT2D eigenvalue weighted by atomic mass is 19.4. The predicted molar refractivity (Wildman–Crippen MR) is 99.2 cm³/mol. The number of H-pyrrole nitrogens is 1. The van der Waals surface area contributed by atoms with Gasteiger partial charge in [-0.25, -0.2) is 13.8 Å². The van der Waals surface area contributed by atoms with Gasteiger partial charge < -0.3 is 9.72 Å². The molecule has 3 aromatic heterocycles. The molecule has 5 nitrogen and oxygen atoms in total. The molecule has 0 aromatic carbocycles. The van der Waals surface area contributed by atoms with Crippen LogP contribution < -0.4 is 4.74 Å². The maximum Gasteiger partial charge on any atom is 0.391 e. The van der Waals surface area contributed by atoms with Gasteiger partial charge in [0.1, 0.15) is 17.6 Å². The Morgan fingerprint density at radius 2 is 1.87 bits per heavy atom. The monoisotopic (exact) mass is 426 g/mol. The van der Waals surface area contributed by atoms with Crippen molar-refractivity contribution in [1.82, 2.24) is 19.9 Å². The zero-order chi connectivity index (χ0) is 21.5. The van der Waals surface area contributed by atoms with E-state index in [9.17, 15) is 22.0 Å². The second kappa shape index (κ2) is 7.81. The molecule has 0 spiro atoms. The lowest BCUT2D eigenvalue weighted by molar-refractivity contribution is -0.185. The normalized spacial score (nSPS) is 20.1. The number of hydrogen-bond acceptors (Lipinski definition) is 4. The van der Waals surface area contributed by atoms with Crippen molar-refractivity contribution in [2.75, 3.05) is 0 Å². The largest absolute Gasteiger partial charge is 0.474 e. The number of nitrogens with zero attached hydrogens (tertiary/aromatic N) is 3. The summed E-state index contributed by atoms with van der Waals surface area (Å²) < 4.78 is 71.3. The molecule has 0 unspecified atom stereocenters. The van der Waals surface area contributed by atoms with E-state index in [2.05, 4.69) is 19.9 Å². The fraction of sp³-hybridized carbons (Fsp3) is 0.450. The van der Waals surface area contributed by atoms with Crippen LogP contribution >= 0.6 is 0 Å². The smallest absolute Gasteiger partial charge is 0.391 e. The number of fused-ring (bicyclic) bond motifs is 1. The summed E-state index contributed by atoms with van der Waals surface area (Å²) in [5, 5.41) is 0.266. The molecule has 1 aliphatic carbocycles. The molecule has 0 aliphatic heterocycles. The van der Waals surface area contributed by atoms with Gasteiger partial charge in [0, 0.05) is 34.9 Å². The molecule has 0 amide bonds. The van der Waals surface area contributed by atoms with E-state index in [1.54, 1.807) is 19.2 Å². The summed E-state index contributed by atoms with van der Waals surface area (Å²) in [7, 11) is 0. The van der Waals surface area contributed by atoms with Crippen molar-refractivity contribution in [2.45, 2.75) is 51.3 Å². The van der Waals surface area contributed by atoms with Crippen molar-refractivity contribution >= 4 is 10.9 Å². The SMILES string of the molecule is Cc1nc(OC2CCC(C(F)(F)F)CC2)cc(-c2c[nH]c3ccnc(C(F)F)c23)n1. The van der Waals surface area contributed by atoms with Crippen LogP contribution in [0.1, 0.15) is 43.6 Å². The quantitative estimate of drug-likeness (QED) is 0.539. The molecule has 30 heavy (non-hydrogen) atoms. The third-order valence-corrected chi connectivity index (χ3v) is 5.34. The van der Waals surface area contributed by atoms with Gasteiger partial charge in [-0.3, -0.25) is 4.98 Å². The van der Waals surface area contributed by atoms with Crippen LogP contribution in [0.5, 0.6) is 5.88 Å². The zero-order valence-corrected chi connectivity index (χ0v) is 16.0. The molecule has 4 rings (SSSR count). The maximum atomic E-state index is 13.4. The van der Waals surface area contributed by atoms with Gasteiger partial charge in [0.15, 0.2) is 0 Å². The molecule has 1 saturated carbocycles. The van der Waals surface area contributed by atoms with Gasteiger partial charge in [0.05, 0.1) is 11.6 Å². The number of rotatable bonds is 4. The molecule has 160 valence electrons. The number of hydrogen-bond donors (Lipinski definition) is 1. The van der Waals surface area contributed by atoms with Crippen LogP contribution in [-0.4, -0.2) is 32.2 Å². The second-order valence-electron chi connectivity index (χ2n) is 7.39. The average molecular weight is 426 g/mol. The first kappa shape index (κ1) is 20.5. The van der Waals surface area contributed by atoms with E-state index in [0.29, 0.717) is 22.6 Å². The zero-order valence-electron chi connectivity index (χ0n) is 16.0. The number of halogens is 5. The number of aryl methyl sites for hydroxylation is 1. The third kappa shape index (κ3) is 4.08. The Bertz CT molecular complexity index is 1040. The second-order valence-corrected chi connectivity index (χ2v) is 7.39. The van der Waals surface area contributed by atoms with E-state index in [4.69, 9.17) is 4.74 Å². The number of aromatic amines is 1. The summed E-state index contributed by atoms with van der Waals surface area (Å²) in [6.07, 6.45) is -3.88. The molecule has 0 radical (unpaired) electrons. The summed E-state index contributed by atoms with van der Waals surface area (Å²) in [6, 6.07) is 3.11. The molecule has 10 heteroatoms. The van der Waals surface area contributed by atoms with Crippen LogP contribution in [0.25, 0.3) is 22.2 Å². The lowest BCUT2D eigenvalue weighted by Gasteiger charge is -2.29. The van der Waals surface area contributed by atoms with Crippen LogP contribution in [0.15, 0.2) is 24.5 Å². The minimum absolute atomic E-state index is 0.0109. The van der Waals surface area contributed by atoms with E-state index in [0.717, 1.165) is 0 Å². The lowest BCUT2D eigenvalue weighted by atomic mass is 9.87. The lowest BCUT2D eigenvalue weighted by Crippen LogP contribution is -2.32. The number of nitrogens with one attached hydrogen (secondary N) is 1. The standard InChI is InChI=1S/C20H19F5N4O/c1-10-28-15(13-9-27-14-6-7-26-18(17(13)14)19(21)22)8-16(29-10)30-12-4-2-11(3-5-12)20(23,24)25/h6-9,11-12,19,27H,2-5H2,1H3. The first-order valence-corrected chi connectivity index (χ1v) is 9.56. The van der Waals surface area contributed by atoms with Gasteiger partial charge in [-0.1, -0.05) is 0 Å². The van der Waals surface area contributed by atoms with Gasteiger partial charge in [0.25, 0.3) is 6.43 Å². The first-order valence-electron chi connectivity index (χ1n) is 9.56. The summed E-state index contributed by atoms with van der Waals surface area (Å²) in [5.41, 5.74) is 0.958. The molecule has 1 aliphatic rings. The van der Waals surface area contributed by atoms with Crippen molar-refractivity contribution in [3.8, 4) is 17.1 Å². The van der Waals surface area contributed by atoms with E-state index in [1.807, 2.05) is 0 Å². The maximum absolute atomic E-state index is 13.4. The van der Waals surface area contributed by atoms with E-state index in [-0.39, 0.29) is 48.7 Å². The van der Waals surface area contributed by atoms with Gasteiger partial charge in [-0.05, 0) is 38.7 Å². The minimum Gasteiger partial charge on any atom is -0.474 e. The molecular weight excluding hydrogens is 407 g/mol. The van der Waals surface area contributed by atoms with E-state index >= 15 is 0 Å². The average Bonchev–Trinajstić information content (AvgIpc) is 3.11. The van der Waals surface area contributed by atoms with Crippen LogP contribution in [-0.2, 0) is 0 Å². The molecule has 0 saturated heterocycles. The van der Waals surface area contributed by atoms with Crippen molar-refractivity contribution in [3.63, 3.8) is 0 Å². The molecule has 3 heterocycles. The minimum atomic E-state index is -4.19. The summed E-state index contributed by atoms with van der Waals surface area (Å²) in [5.74, 6) is -0.723. The summed E-state index contributed by atoms with van der Waals surface area (Å²) >= 11 is 0. The Morgan fingerprint density at radius 3 is 2.53 bits per heavy atom. The summed E-state index contributed by atoms with van der Waals surface area (Å²) in [6.45, 7) is 1.64. The summed E-state index contributed by atoms with van der Waals surface area (Å²) in [4.78, 5) is 15.3. The number of alkyl halides is 5. The van der Waals surface area contributed by atoms with Gasteiger partial charge in [0.2, 0.25) is 5.88 Å². The first-order chi connectivity index (χ1) is 14.2. The fourth-order valence-electron chi connectivity index (χ4n) is 3.89. The topological polar surface area (TPSA) is 63.7 Å². The van der Waals surface area contributed by atoms with E-state index in [1.165, 1.54) is 12.3 Å². The predicted octanol–water partition coefficient (Wildman–Crippen LogP) is 5.77. The fourth-order valence-corrected chi connectivity index (χ4v) is 3.89. The molecule has 1 N–H and O–H groups in total. The van der Waals surface area contributed by atoms with Crippen molar-refractivity contribution in [2.24, 2.45) is 5.92 Å². The number of pyridine rings is 1. The highest BCUT2D eigenvalue weighted by molar-refractivity contribution is 5.96. The van der Waals surface area contributed by atoms with Gasteiger partial charge >= 0.3 is 6.18 Å². The number of ether oxygens (including phenoxy) is 1. The van der Waals surface area contributed by atoms with Crippen molar-refractivity contribution < 1.29 is 26.7 Å². The van der Waals surface area contributed by atoms with Gasteiger partial charge in [-0.2, -0.15) is 18.2 Å². The Hall–Kier alpha value is -2.78. The Kier molecular flexibility index (Phi) is 5.33. The highest BCUT2D eigenvalue weighted by Crippen LogP contribution is 2.39. The van der Waals surface area contributed by atoms with Crippen LogP contribution in [0.4, 0.5) is 22.0 Å². The highest BCUT2D eigenvalue weighted by Gasteiger charge is 2.41. The van der Waals surface area contributed by atoms with E-state index < -0.39 is 18.5 Å². The Morgan fingerprint density at radius 1 is 1.13 bits per heavy atom. The molecule has 1 fully saturated rings. The number of aromatic nitrogens is 4. The van der Waals surface area contributed by atoms with Gasteiger partial charge in [-0.15, -0.1) is 0 Å².